The average Bonchev–Trinajstić information content (AvgIpc) is 3.36. The van der Waals surface area contributed by atoms with Gasteiger partial charge in [0, 0.05) is 38.3 Å². The van der Waals surface area contributed by atoms with E-state index in [0.29, 0.717) is 17.8 Å². The van der Waals surface area contributed by atoms with Crippen LogP contribution in [0.3, 0.4) is 0 Å². The Kier molecular flexibility index (Phi) is 4.54. The highest BCUT2D eigenvalue weighted by atomic mass is 16.5. The first kappa shape index (κ1) is 16.6. The van der Waals surface area contributed by atoms with Crippen LogP contribution in [0.15, 0.2) is 18.3 Å². The zero-order chi connectivity index (χ0) is 17.3. The Morgan fingerprint density at radius 1 is 1.28 bits per heavy atom. The highest BCUT2D eigenvalue weighted by molar-refractivity contribution is 5.82. The molecule has 25 heavy (non-hydrogen) atoms. The van der Waals surface area contributed by atoms with Crippen LogP contribution in [0.25, 0.3) is 0 Å². The minimum Gasteiger partial charge on any atom is -0.384 e. The summed E-state index contributed by atoms with van der Waals surface area (Å²) in [6.07, 6.45) is 8.09. The monoisotopic (exact) mass is 344 g/mol. The predicted molar refractivity (Wildman–Crippen MR) is 97.1 cm³/mol. The predicted octanol–water partition coefficient (Wildman–Crippen LogP) is 2.27. The van der Waals surface area contributed by atoms with Crippen molar-refractivity contribution in [3.05, 3.63) is 18.3 Å². The van der Waals surface area contributed by atoms with Gasteiger partial charge in [-0.05, 0) is 56.1 Å². The summed E-state index contributed by atoms with van der Waals surface area (Å²) >= 11 is 0. The topological polar surface area (TPSA) is 80.5 Å². The van der Waals surface area contributed by atoms with Crippen molar-refractivity contribution in [2.75, 3.05) is 37.4 Å². The summed E-state index contributed by atoms with van der Waals surface area (Å²) in [5, 5.41) is 3.54. The molecule has 1 amide bonds. The zero-order valence-electron chi connectivity index (χ0n) is 14.7. The number of carbonyl (C=O) groups excluding carboxylic acids is 1. The largest absolute Gasteiger partial charge is 0.384 e. The summed E-state index contributed by atoms with van der Waals surface area (Å²) in [7, 11) is 0. The van der Waals surface area contributed by atoms with E-state index in [0.717, 1.165) is 70.5 Å². The summed E-state index contributed by atoms with van der Waals surface area (Å²) < 4.78 is 5.47. The van der Waals surface area contributed by atoms with E-state index in [2.05, 4.69) is 15.2 Å². The molecule has 3 aliphatic rings. The Morgan fingerprint density at radius 2 is 2.12 bits per heavy atom. The van der Waals surface area contributed by atoms with Crippen molar-refractivity contribution in [2.45, 2.75) is 44.6 Å². The van der Waals surface area contributed by atoms with Gasteiger partial charge in [0.2, 0.25) is 5.91 Å². The molecule has 1 spiro atoms. The molecular formula is C19H28N4O2. The first-order valence-corrected chi connectivity index (χ1v) is 9.51. The number of nitrogens with one attached hydrogen (secondary N) is 1. The lowest BCUT2D eigenvalue weighted by Gasteiger charge is -2.26. The standard InChI is InChI=1S/C19H28N4O2/c20-17-4-3-15(13-21-17)22-14-2-1-8-23(9-5-14)18(24)16-12-19(16)6-10-25-11-7-19/h3-4,13-14,16,22H,1-2,5-12H2,(H2,20,21)/t14-,16-/m0/s1. The van der Waals surface area contributed by atoms with Gasteiger partial charge in [-0.25, -0.2) is 4.98 Å². The SMILES string of the molecule is Nc1ccc(N[C@H]2CCCN(C(=O)[C@@H]3CC34CCOCC4)CC2)cn1. The molecule has 4 rings (SSSR count). The number of nitrogen functional groups attached to an aromatic ring is 1. The zero-order valence-corrected chi connectivity index (χ0v) is 14.7. The van der Waals surface area contributed by atoms with Gasteiger partial charge in [-0.2, -0.15) is 0 Å². The fourth-order valence-electron chi connectivity index (χ4n) is 4.44. The maximum absolute atomic E-state index is 12.9. The Bertz CT molecular complexity index is 612. The lowest BCUT2D eigenvalue weighted by Crippen LogP contribution is -2.36. The van der Waals surface area contributed by atoms with E-state index in [9.17, 15) is 4.79 Å². The second-order valence-electron chi connectivity index (χ2n) is 7.80. The number of likely N-dealkylation sites (tertiary alicyclic amines) is 1. The molecule has 3 heterocycles. The minimum atomic E-state index is 0.252. The lowest BCUT2D eigenvalue weighted by molar-refractivity contribution is -0.134. The van der Waals surface area contributed by atoms with Gasteiger partial charge < -0.3 is 20.7 Å². The number of aromatic nitrogens is 1. The van der Waals surface area contributed by atoms with Gasteiger partial charge in [-0.3, -0.25) is 4.79 Å². The number of ether oxygens (including phenoxy) is 1. The molecule has 1 aromatic rings. The molecule has 0 radical (unpaired) electrons. The van der Waals surface area contributed by atoms with Crippen LogP contribution in [0.2, 0.25) is 0 Å². The van der Waals surface area contributed by atoms with Crippen molar-refractivity contribution >= 4 is 17.4 Å². The number of nitrogens with two attached hydrogens (primary N) is 1. The van der Waals surface area contributed by atoms with Crippen LogP contribution in [0.4, 0.5) is 11.5 Å². The summed E-state index contributed by atoms with van der Waals surface area (Å²) in [6.45, 7) is 3.39. The number of nitrogens with zero attached hydrogens (tertiary/aromatic N) is 2. The Labute approximate surface area is 149 Å². The Balaban J connectivity index is 1.31. The normalized spacial score (nSPS) is 28.4. The number of pyridine rings is 1. The van der Waals surface area contributed by atoms with Crippen molar-refractivity contribution < 1.29 is 9.53 Å². The first-order valence-electron chi connectivity index (χ1n) is 9.51. The molecular weight excluding hydrogens is 316 g/mol. The van der Waals surface area contributed by atoms with Gasteiger partial charge >= 0.3 is 0 Å². The molecule has 136 valence electrons. The van der Waals surface area contributed by atoms with Gasteiger partial charge in [0.25, 0.3) is 0 Å². The van der Waals surface area contributed by atoms with Crippen LogP contribution in [0.1, 0.15) is 38.5 Å². The van der Waals surface area contributed by atoms with E-state index in [-0.39, 0.29) is 11.3 Å². The summed E-state index contributed by atoms with van der Waals surface area (Å²) in [5.74, 6) is 1.17. The van der Waals surface area contributed by atoms with Crippen LogP contribution in [-0.4, -0.2) is 48.1 Å². The van der Waals surface area contributed by atoms with E-state index >= 15 is 0 Å². The second-order valence-corrected chi connectivity index (χ2v) is 7.80. The maximum Gasteiger partial charge on any atom is 0.226 e. The number of carbonyl (C=O) groups is 1. The molecule has 2 atom stereocenters. The molecule has 0 aromatic carbocycles. The molecule has 3 fully saturated rings. The summed E-state index contributed by atoms with van der Waals surface area (Å²) in [6, 6.07) is 4.17. The third kappa shape index (κ3) is 3.59. The molecule has 0 bridgehead atoms. The van der Waals surface area contributed by atoms with Crippen molar-refractivity contribution in [1.29, 1.82) is 0 Å². The highest BCUT2D eigenvalue weighted by Gasteiger charge is 2.58. The number of rotatable bonds is 3. The number of hydrogen-bond donors (Lipinski definition) is 2. The van der Waals surface area contributed by atoms with Gasteiger partial charge in [0.05, 0.1) is 11.9 Å². The average molecular weight is 344 g/mol. The van der Waals surface area contributed by atoms with Gasteiger partial charge in [-0.1, -0.05) is 0 Å². The second kappa shape index (κ2) is 6.83. The molecule has 1 saturated carbocycles. The maximum atomic E-state index is 12.9. The first-order chi connectivity index (χ1) is 12.2. The molecule has 6 heteroatoms. The molecule has 6 nitrogen and oxygen atoms in total. The van der Waals surface area contributed by atoms with Crippen LogP contribution >= 0.6 is 0 Å². The summed E-state index contributed by atoms with van der Waals surface area (Å²) in [4.78, 5) is 19.2. The van der Waals surface area contributed by atoms with Gasteiger partial charge in [-0.15, -0.1) is 0 Å². The molecule has 1 aliphatic carbocycles. The molecule has 3 N–H and O–H groups in total. The van der Waals surface area contributed by atoms with E-state index in [1.807, 2.05) is 12.1 Å². The van der Waals surface area contributed by atoms with E-state index in [4.69, 9.17) is 10.5 Å². The van der Waals surface area contributed by atoms with Gasteiger partial charge in [0.1, 0.15) is 5.82 Å². The third-order valence-corrected chi connectivity index (χ3v) is 6.17. The smallest absolute Gasteiger partial charge is 0.226 e. The van der Waals surface area contributed by atoms with E-state index in [1.165, 1.54) is 0 Å². The highest BCUT2D eigenvalue weighted by Crippen LogP contribution is 2.59. The lowest BCUT2D eigenvalue weighted by atomic mass is 9.93. The van der Waals surface area contributed by atoms with Crippen molar-refractivity contribution in [2.24, 2.45) is 11.3 Å². The summed E-state index contributed by atoms with van der Waals surface area (Å²) in [5.41, 5.74) is 6.91. The fourth-order valence-corrected chi connectivity index (χ4v) is 4.44. The number of hydrogen-bond acceptors (Lipinski definition) is 5. The van der Waals surface area contributed by atoms with Crippen molar-refractivity contribution in [3.63, 3.8) is 0 Å². The number of anilines is 2. The minimum absolute atomic E-state index is 0.252. The van der Waals surface area contributed by atoms with Crippen LogP contribution in [0.5, 0.6) is 0 Å². The third-order valence-electron chi connectivity index (χ3n) is 6.17. The molecule has 0 unspecified atom stereocenters. The Morgan fingerprint density at radius 3 is 2.88 bits per heavy atom. The van der Waals surface area contributed by atoms with Crippen LogP contribution < -0.4 is 11.1 Å². The molecule has 1 aromatic heterocycles. The van der Waals surface area contributed by atoms with Crippen molar-refractivity contribution in [1.82, 2.24) is 9.88 Å². The number of amides is 1. The molecule has 2 aliphatic heterocycles. The Hall–Kier alpha value is -1.82. The fraction of sp³-hybridized carbons (Fsp3) is 0.684. The quantitative estimate of drug-likeness (QED) is 0.879. The van der Waals surface area contributed by atoms with Crippen molar-refractivity contribution in [3.8, 4) is 0 Å². The van der Waals surface area contributed by atoms with E-state index < -0.39 is 0 Å². The van der Waals surface area contributed by atoms with E-state index in [1.54, 1.807) is 6.20 Å². The molecule has 2 saturated heterocycles. The van der Waals surface area contributed by atoms with Gasteiger partial charge in [0.15, 0.2) is 0 Å². The van der Waals surface area contributed by atoms with Crippen LogP contribution in [-0.2, 0) is 9.53 Å². The van der Waals surface area contributed by atoms with Crippen LogP contribution in [0, 0.1) is 11.3 Å².